The molecule has 0 aromatic heterocycles. The Labute approximate surface area is 125 Å². The number of benzene rings is 1. The van der Waals surface area contributed by atoms with E-state index in [2.05, 4.69) is 21.2 Å². The molecule has 106 valence electrons. The first-order valence-electron chi connectivity index (χ1n) is 5.97. The van der Waals surface area contributed by atoms with Crippen molar-refractivity contribution in [2.45, 2.75) is 13.0 Å². The van der Waals surface area contributed by atoms with Gasteiger partial charge in [0.25, 0.3) is 5.69 Å². The van der Waals surface area contributed by atoms with Crippen molar-refractivity contribution in [1.82, 2.24) is 5.32 Å². The second-order valence-corrected chi connectivity index (χ2v) is 6.04. The lowest BCUT2D eigenvalue weighted by atomic mass is 10.2. The van der Waals surface area contributed by atoms with Crippen LogP contribution in [0.4, 0.5) is 5.69 Å². The Hall–Kier alpha value is -0.630. The number of nitrogens with one attached hydrogen (secondary N) is 1. The van der Waals surface area contributed by atoms with Crippen molar-refractivity contribution in [3.63, 3.8) is 0 Å². The molecule has 1 rings (SSSR count). The van der Waals surface area contributed by atoms with Gasteiger partial charge in [-0.1, -0.05) is 15.9 Å². The highest BCUT2D eigenvalue weighted by Gasteiger charge is 2.13. The van der Waals surface area contributed by atoms with Crippen LogP contribution in [0.15, 0.2) is 22.7 Å². The zero-order valence-corrected chi connectivity index (χ0v) is 12.9. The third-order valence-corrected chi connectivity index (χ3v) is 3.99. The Morgan fingerprint density at radius 3 is 2.89 bits per heavy atom. The van der Waals surface area contributed by atoms with Crippen molar-refractivity contribution in [3.05, 3.63) is 38.3 Å². The number of hydrogen-bond donors (Lipinski definition) is 2. The summed E-state index contributed by atoms with van der Waals surface area (Å²) < 4.78 is 0.711. The van der Waals surface area contributed by atoms with Gasteiger partial charge in [-0.05, 0) is 24.3 Å². The summed E-state index contributed by atoms with van der Waals surface area (Å²) in [5.41, 5.74) is 0.823. The van der Waals surface area contributed by atoms with Crippen molar-refractivity contribution >= 4 is 33.4 Å². The number of rotatable bonds is 9. The summed E-state index contributed by atoms with van der Waals surface area (Å²) in [6, 6.07) is 5.08. The predicted molar refractivity (Wildman–Crippen MR) is 81.5 cm³/mol. The molecule has 0 unspecified atom stereocenters. The molecule has 0 amide bonds. The number of nitrogens with zero attached hydrogens (tertiary/aromatic N) is 1. The van der Waals surface area contributed by atoms with Gasteiger partial charge in [-0.3, -0.25) is 10.1 Å². The summed E-state index contributed by atoms with van der Waals surface area (Å²) in [5, 5.41) is 22.7. The van der Waals surface area contributed by atoms with Crippen LogP contribution in [-0.4, -0.2) is 34.7 Å². The number of halogens is 1. The lowest BCUT2D eigenvalue weighted by molar-refractivity contribution is -0.385. The highest BCUT2D eigenvalue weighted by atomic mass is 79.9. The quantitative estimate of drug-likeness (QED) is 0.407. The standard InChI is InChI=1S/C12H17BrN2O3S/c13-11-3-2-10(12(8-11)15(17)18)9-14-4-7-19-6-1-5-16/h2-3,8,14,16H,1,4-7,9H2. The van der Waals surface area contributed by atoms with Crippen LogP contribution in [0, 0.1) is 10.1 Å². The SMILES string of the molecule is O=[N+]([O-])c1cc(Br)ccc1CNCCSCCCO. The maximum atomic E-state index is 10.9. The molecule has 0 atom stereocenters. The molecule has 0 heterocycles. The first-order chi connectivity index (χ1) is 9.15. The molecule has 1 aromatic rings. The maximum Gasteiger partial charge on any atom is 0.275 e. The summed E-state index contributed by atoms with van der Waals surface area (Å²) in [4.78, 5) is 10.5. The Balaban J connectivity index is 2.35. The second kappa shape index (κ2) is 9.30. The Morgan fingerprint density at radius 1 is 1.42 bits per heavy atom. The second-order valence-electron chi connectivity index (χ2n) is 3.90. The van der Waals surface area contributed by atoms with Gasteiger partial charge >= 0.3 is 0 Å². The van der Waals surface area contributed by atoms with E-state index in [-0.39, 0.29) is 17.2 Å². The predicted octanol–water partition coefficient (Wildman–Crippen LogP) is 2.56. The molecule has 0 bridgehead atoms. The molecule has 7 heteroatoms. The molecule has 0 aliphatic rings. The number of aliphatic hydroxyl groups excluding tert-OH is 1. The molecule has 0 saturated heterocycles. The van der Waals surface area contributed by atoms with E-state index < -0.39 is 0 Å². The number of thioether (sulfide) groups is 1. The van der Waals surface area contributed by atoms with Crippen LogP contribution < -0.4 is 5.32 Å². The Morgan fingerprint density at radius 2 is 2.21 bits per heavy atom. The first-order valence-corrected chi connectivity index (χ1v) is 7.92. The smallest absolute Gasteiger partial charge is 0.275 e. The highest BCUT2D eigenvalue weighted by molar-refractivity contribution is 9.10. The molecule has 5 nitrogen and oxygen atoms in total. The molecule has 1 aromatic carbocycles. The number of nitro benzene ring substituents is 1. The highest BCUT2D eigenvalue weighted by Crippen LogP contribution is 2.23. The van der Waals surface area contributed by atoms with Gasteiger partial charge in [-0.2, -0.15) is 11.8 Å². The number of nitro groups is 1. The van der Waals surface area contributed by atoms with Gasteiger partial charge in [0.2, 0.25) is 0 Å². The molecular weight excluding hydrogens is 332 g/mol. The Bertz CT molecular complexity index is 418. The minimum Gasteiger partial charge on any atom is -0.396 e. The van der Waals surface area contributed by atoms with Crippen LogP contribution in [0.25, 0.3) is 0 Å². The van der Waals surface area contributed by atoms with Crippen LogP contribution in [0.2, 0.25) is 0 Å². The molecule has 0 aliphatic carbocycles. The summed E-state index contributed by atoms with van der Waals surface area (Å²) in [6.07, 6.45) is 0.808. The van der Waals surface area contributed by atoms with Gasteiger partial charge in [0.1, 0.15) is 0 Å². The van der Waals surface area contributed by atoms with E-state index in [4.69, 9.17) is 5.11 Å². The molecule has 0 aliphatic heterocycles. The fraction of sp³-hybridized carbons (Fsp3) is 0.500. The number of hydrogen-bond acceptors (Lipinski definition) is 5. The van der Waals surface area contributed by atoms with E-state index in [0.29, 0.717) is 16.6 Å². The van der Waals surface area contributed by atoms with Crippen LogP contribution in [0.5, 0.6) is 0 Å². The molecule has 0 fully saturated rings. The van der Waals surface area contributed by atoms with Crippen LogP contribution in [-0.2, 0) is 6.54 Å². The molecule has 19 heavy (non-hydrogen) atoms. The van der Waals surface area contributed by atoms with Gasteiger partial charge < -0.3 is 10.4 Å². The fourth-order valence-electron chi connectivity index (χ4n) is 1.49. The molecule has 0 spiro atoms. The minimum atomic E-state index is -0.363. The van der Waals surface area contributed by atoms with Gasteiger partial charge in [0.05, 0.1) is 4.92 Å². The maximum absolute atomic E-state index is 10.9. The molecule has 0 saturated carbocycles. The zero-order valence-electron chi connectivity index (χ0n) is 10.5. The van der Waals surface area contributed by atoms with Gasteiger partial charge in [-0.15, -0.1) is 0 Å². The lowest BCUT2D eigenvalue weighted by Crippen LogP contribution is -2.17. The monoisotopic (exact) mass is 348 g/mol. The van der Waals surface area contributed by atoms with E-state index in [9.17, 15) is 10.1 Å². The Kier molecular flexibility index (Phi) is 8.04. The zero-order chi connectivity index (χ0) is 14.1. The van der Waals surface area contributed by atoms with E-state index in [1.807, 2.05) is 0 Å². The van der Waals surface area contributed by atoms with Crippen molar-refractivity contribution in [2.75, 3.05) is 24.7 Å². The van der Waals surface area contributed by atoms with Gasteiger partial charge in [0.15, 0.2) is 0 Å². The summed E-state index contributed by atoms with van der Waals surface area (Å²) in [5.74, 6) is 1.88. The van der Waals surface area contributed by atoms with Gasteiger partial charge in [-0.25, -0.2) is 0 Å². The summed E-state index contributed by atoms with van der Waals surface area (Å²) in [7, 11) is 0. The fourth-order valence-corrected chi connectivity index (χ4v) is 2.67. The average Bonchev–Trinajstić information content (AvgIpc) is 2.39. The molecular formula is C12H17BrN2O3S. The normalized spacial score (nSPS) is 10.6. The topological polar surface area (TPSA) is 75.4 Å². The largest absolute Gasteiger partial charge is 0.396 e. The average molecular weight is 349 g/mol. The van der Waals surface area contributed by atoms with E-state index in [1.165, 1.54) is 6.07 Å². The van der Waals surface area contributed by atoms with E-state index in [1.54, 1.807) is 23.9 Å². The molecule has 0 radical (unpaired) electrons. The van der Waals surface area contributed by atoms with E-state index in [0.717, 1.165) is 24.5 Å². The third-order valence-electron chi connectivity index (χ3n) is 2.43. The number of aliphatic hydroxyl groups is 1. The van der Waals surface area contributed by atoms with Crippen molar-refractivity contribution in [3.8, 4) is 0 Å². The van der Waals surface area contributed by atoms with Crippen molar-refractivity contribution < 1.29 is 10.0 Å². The first kappa shape index (κ1) is 16.4. The lowest BCUT2D eigenvalue weighted by Gasteiger charge is -2.06. The van der Waals surface area contributed by atoms with Crippen LogP contribution in [0.1, 0.15) is 12.0 Å². The summed E-state index contributed by atoms with van der Waals surface area (Å²) in [6.45, 7) is 1.51. The van der Waals surface area contributed by atoms with Crippen LogP contribution >= 0.6 is 27.7 Å². The van der Waals surface area contributed by atoms with Crippen molar-refractivity contribution in [1.29, 1.82) is 0 Å². The van der Waals surface area contributed by atoms with Crippen LogP contribution in [0.3, 0.4) is 0 Å². The van der Waals surface area contributed by atoms with E-state index >= 15 is 0 Å². The molecule has 2 N–H and O–H groups in total. The third kappa shape index (κ3) is 6.38. The van der Waals surface area contributed by atoms with Crippen molar-refractivity contribution in [2.24, 2.45) is 0 Å². The van der Waals surface area contributed by atoms with Gasteiger partial charge in [0, 0.05) is 41.6 Å². The summed E-state index contributed by atoms with van der Waals surface area (Å²) >= 11 is 5.00. The minimum absolute atomic E-state index is 0.134.